The van der Waals surface area contributed by atoms with Crippen LogP contribution in [0.1, 0.15) is 43.7 Å². The van der Waals surface area contributed by atoms with Gasteiger partial charge in [0.05, 0.1) is 31.1 Å². The lowest BCUT2D eigenvalue weighted by Crippen LogP contribution is -2.50. The van der Waals surface area contributed by atoms with Crippen LogP contribution in [-0.2, 0) is 9.47 Å². The Bertz CT molecular complexity index is 586. The highest BCUT2D eigenvalue weighted by Crippen LogP contribution is 2.37. The molecule has 0 amide bonds. The van der Waals surface area contributed by atoms with Crippen LogP contribution in [0.15, 0.2) is 6.07 Å². The molecule has 0 bridgehead atoms. The fraction of sp³-hybridized carbons (Fsp3) is 0.778. The molecule has 7 heteroatoms. The van der Waals surface area contributed by atoms with E-state index in [1.807, 2.05) is 0 Å². The summed E-state index contributed by atoms with van der Waals surface area (Å²) in [5.74, 6) is 1.89. The first-order valence-corrected chi connectivity index (χ1v) is 9.48. The van der Waals surface area contributed by atoms with Gasteiger partial charge in [-0.05, 0) is 19.3 Å². The molecule has 1 spiro atoms. The molecule has 0 radical (unpaired) electrons. The van der Waals surface area contributed by atoms with Crippen molar-refractivity contribution in [2.45, 2.75) is 43.6 Å². The third kappa shape index (κ3) is 3.73. The highest BCUT2D eigenvalue weighted by atomic mass is 16.5. The molecule has 0 aromatic carbocycles. The van der Waals surface area contributed by atoms with E-state index in [2.05, 4.69) is 21.3 Å². The van der Waals surface area contributed by atoms with E-state index in [4.69, 9.17) is 19.6 Å². The maximum Gasteiger partial charge on any atom is 0.224 e. The topological polar surface area (TPSA) is 79.7 Å². The number of aromatic nitrogens is 2. The first-order valence-electron chi connectivity index (χ1n) is 9.48. The maximum atomic E-state index is 9.10. The Labute approximate surface area is 148 Å². The maximum absolute atomic E-state index is 9.10. The van der Waals surface area contributed by atoms with Crippen molar-refractivity contribution in [1.29, 1.82) is 0 Å². The number of nitrogens with zero attached hydrogens (tertiary/aromatic N) is 3. The first-order chi connectivity index (χ1) is 12.3. The van der Waals surface area contributed by atoms with Gasteiger partial charge in [0.15, 0.2) is 0 Å². The van der Waals surface area contributed by atoms with Gasteiger partial charge in [-0.15, -0.1) is 0 Å². The number of morpholine rings is 1. The Kier molecular flexibility index (Phi) is 5.05. The van der Waals surface area contributed by atoms with Crippen molar-refractivity contribution in [3.63, 3.8) is 0 Å². The van der Waals surface area contributed by atoms with Gasteiger partial charge in [-0.2, -0.15) is 4.98 Å². The summed E-state index contributed by atoms with van der Waals surface area (Å²) in [5.41, 5.74) is 1.05. The van der Waals surface area contributed by atoms with Gasteiger partial charge in [-0.3, -0.25) is 0 Å². The van der Waals surface area contributed by atoms with Crippen LogP contribution < -0.4 is 10.2 Å². The number of aliphatic hydroxyl groups excluding tert-OH is 1. The molecule has 2 saturated heterocycles. The molecule has 1 saturated carbocycles. The van der Waals surface area contributed by atoms with Crippen LogP contribution in [0.5, 0.6) is 0 Å². The van der Waals surface area contributed by atoms with E-state index >= 15 is 0 Å². The normalized spacial score (nSPS) is 25.6. The smallest absolute Gasteiger partial charge is 0.224 e. The van der Waals surface area contributed by atoms with E-state index in [-0.39, 0.29) is 12.2 Å². The van der Waals surface area contributed by atoms with Gasteiger partial charge in [0, 0.05) is 38.2 Å². The van der Waals surface area contributed by atoms with Gasteiger partial charge in [-0.25, -0.2) is 4.98 Å². The summed E-state index contributed by atoms with van der Waals surface area (Å²) in [6.07, 6.45) is 5.81. The average Bonchev–Trinajstić information content (AvgIpc) is 3.32. The highest BCUT2D eigenvalue weighted by molar-refractivity contribution is 5.47. The minimum Gasteiger partial charge on any atom is -0.395 e. The van der Waals surface area contributed by atoms with Gasteiger partial charge in [-0.1, -0.05) is 12.8 Å². The summed E-state index contributed by atoms with van der Waals surface area (Å²) >= 11 is 0. The summed E-state index contributed by atoms with van der Waals surface area (Å²) in [6.45, 7) is 4.56. The summed E-state index contributed by atoms with van der Waals surface area (Å²) in [5, 5.41) is 12.2. The Morgan fingerprint density at radius 1 is 1.28 bits per heavy atom. The van der Waals surface area contributed by atoms with E-state index in [0.29, 0.717) is 18.4 Å². The van der Waals surface area contributed by atoms with Gasteiger partial charge in [0.2, 0.25) is 5.95 Å². The molecule has 7 nitrogen and oxygen atoms in total. The molecular formula is C18H28N4O3. The molecule has 3 aliphatic rings. The second-order valence-corrected chi connectivity index (χ2v) is 7.35. The van der Waals surface area contributed by atoms with Crippen molar-refractivity contribution < 1.29 is 14.6 Å². The van der Waals surface area contributed by atoms with Gasteiger partial charge >= 0.3 is 0 Å². The van der Waals surface area contributed by atoms with Crippen molar-refractivity contribution in [3.05, 3.63) is 11.8 Å². The van der Waals surface area contributed by atoms with Crippen molar-refractivity contribution in [2.24, 2.45) is 0 Å². The highest BCUT2D eigenvalue weighted by Gasteiger charge is 2.39. The molecule has 1 aromatic rings. The monoisotopic (exact) mass is 348 g/mol. The number of anilines is 2. The molecule has 4 rings (SSSR count). The number of ether oxygens (including phenoxy) is 2. The predicted molar refractivity (Wildman–Crippen MR) is 95.1 cm³/mol. The molecule has 1 atom stereocenters. The average molecular weight is 348 g/mol. The number of hydrogen-bond acceptors (Lipinski definition) is 7. The lowest BCUT2D eigenvalue weighted by molar-refractivity contribution is -0.0503. The molecule has 3 fully saturated rings. The van der Waals surface area contributed by atoms with Crippen molar-refractivity contribution in [3.8, 4) is 0 Å². The van der Waals surface area contributed by atoms with E-state index < -0.39 is 0 Å². The van der Waals surface area contributed by atoms with Crippen LogP contribution in [0.3, 0.4) is 0 Å². The third-order valence-corrected chi connectivity index (χ3v) is 5.56. The number of hydrogen-bond donors (Lipinski definition) is 2. The van der Waals surface area contributed by atoms with Crippen LogP contribution in [-0.4, -0.2) is 66.7 Å². The summed E-state index contributed by atoms with van der Waals surface area (Å²) in [7, 11) is 0. The lowest BCUT2D eigenvalue weighted by Gasteiger charge is -2.41. The SMILES string of the molecule is OCCNc1nc([C@H]2CCOC2)cc(N2CCOC3(CCCC3)C2)n1. The van der Waals surface area contributed by atoms with E-state index in [0.717, 1.165) is 63.7 Å². The minimum absolute atomic E-state index is 0.0124. The second kappa shape index (κ2) is 7.43. The van der Waals surface area contributed by atoms with Crippen LogP contribution in [0.2, 0.25) is 0 Å². The van der Waals surface area contributed by atoms with Crippen LogP contribution >= 0.6 is 0 Å². The molecule has 2 N–H and O–H groups in total. The predicted octanol–water partition coefficient (Wildman–Crippen LogP) is 1.53. The Morgan fingerprint density at radius 3 is 2.92 bits per heavy atom. The molecular weight excluding hydrogens is 320 g/mol. The number of aliphatic hydroxyl groups is 1. The molecule has 3 heterocycles. The van der Waals surface area contributed by atoms with Gasteiger partial charge in [0.25, 0.3) is 0 Å². The lowest BCUT2D eigenvalue weighted by atomic mass is 9.99. The van der Waals surface area contributed by atoms with E-state index in [1.54, 1.807) is 0 Å². The fourth-order valence-corrected chi connectivity index (χ4v) is 4.20. The van der Waals surface area contributed by atoms with Crippen molar-refractivity contribution >= 4 is 11.8 Å². The third-order valence-electron chi connectivity index (χ3n) is 5.56. The zero-order chi connectivity index (χ0) is 17.1. The Hall–Kier alpha value is -1.44. The van der Waals surface area contributed by atoms with Gasteiger partial charge in [0.1, 0.15) is 5.82 Å². The van der Waals surface area contributed by atoms with Crippen LogP contribution in [0.4, 0.5) is 11.8 Å². The first kappa shape index (κ1) is 17.0. The zero-order valence-electron chi connectivity index (χ0n) is 14.7. The second-order valence-electron chi connectivity index (χ2n) is 7.35. The summed E-state index contributed by atoms with van der Waals surface area (Å²) in [6, 6.07) is 2.12. The molecule has 1 aliphatic carbocycles. The molecule has 1 aromatic heterocycles. The quantitative estimate of drug-likeness (QED) is 0.835. The Morgan fingerprint density at radius 2 is 2.16 bits per heavy atom. The molecule has 0 unspecified atom stereocenters. The summed E-state index contributed by atoms with van der Waals surface area (Å²) < 4.78 is 11.7. The standard InChI is InChI=1S/C18H28N4O3/c23-8-6-19-17-20-15(14-3-9-24-12-14)11-16(21-17)22-7-10-25-18(13-22)4-1-2-5-18/h11,14,23H,1-10,12-13H2,(H,19,20,21)/t14-/m0/s1. The molecule has 2 aliphatic heterocycles. The van der Waals surface area contributed by atoms with Gasteiger partial charge < -0.3 is 24.8 Å². The summed E-state index contributed by atoms with van der Waals surface area (Å²) in [4.78, 5) is 11.7. The molecule has 25 heavy (non-hydrogen) atoms. The minimum atomic E-state index is 0.0124. The number of rotatable bonds is 5. The van der Waals surface area contributed by atoms with E-state index in [1.165, 1.54) is 12.8 Å². The number of nitrogens with one attached hydrogen (secondary N) is 1. The fourth-order valence-electron chi connectivity index (χ4n) is 4.20. The van der Waals surface area contributed by atoms with Crippen LogP contribution in [0, 0.1) is 0 Å². The molecule has 138 valence electrons. The van der Waals surface area contributed by atoms with Crippen molar-refractivity contribution in [1.82, 2.24) is 9.97 Å². The zero-order valence-corrected chi connectivity index (χ0v) is 14.7. The Balaban J connectivity index is 1.59. The largest absolute Gasteiger partial charge is 0.395 e. The van der Waals surface area contributed by atoms with E-state index in [9.17, 15) is 0 Å². The van der Waals surface area contributed by atoms with Crippen LogP contribution in [0.25, 0.3) is 0 Å². The van der Waals surface area contributed by atoms with Crippen molar-refractivity contribution in [2.75, 3.05) is 56.3 Å².